The van der Waals surface area contributed by atoms with E-state index in [1.165, 1.54) is 111 Å². The molecule has 298 valence electrons. The molecule has 13 rings (SSSR count). The molecule has 0 aliphatic heterocycles. The summed E-state index contributed by atoms with van der Waals surface area (Å²) in [6.07, 6.45) is 13.5. The monoisotopic (exact) mass is 805 g/mol. The summed E-state index contributed by atoms with van der Waals surface area (Å²) in [6, 6.07) is 69.8. The molecule has 0 unspecified atom stereocenters. The molecule has 2 aliphatic carbocycles. The maximum absolute atomic E-state index is 2.47. The van der Waals surface area contributed by atoms with Gasteiger partial charge in [0.2, 0.25) is 0 Å². The topological polar surface area (TPSA) is 14.8 Å². The minimum absolute atomic E-state index is 1.04. The summed E-state index contributed by atoms with van der Waals surface area (Å²) < 4.78 is 7.30. The van der Waals surface area contributed by atoms with Crippen LogP contribution in [0.2, 0.25) is 0 Å². The first-order valence-electron chi connectivity index (χ1n) is 22.3. The van der Waals surface area contributed by atoms with E-state index in [1.54, 1.807) is 0 Å². The van der Waals surface area contributed by atoms with Crippen molar-refractivity contribution in [2.45, 2.75) is 25.7 Å². The fourth-order valence-electron chi connectivity index (χ4n) is 10.7. The van der Waals surface area contributed by atoms with Crippen LogP contribution in [0.4, 0.5) is 0 Å². The number of benzene rings is 8. The lowest BCUT2D eigenvalue weighted by molar-refractivity contribution is 0.888. The van der Waals surface area contributed by atoms with Gasteiger partial charge in [0.15, 0.2) is 0 Å². The van der Waals surface area contributed by atoms with Crippen LogP contribution < -0.4 is 0 Å². The highest BCUT2D eigenvalue weighted by Gasteiger charge is 2.20. The van der Waals surface area contributed by atoms with Crippen molar-refractivity contribution in [3.8, 4) is 50.4 Å². The molecule has 0 spiro atoms. The van der Waals surface area contributed by atoms with Crippen LogP contribution in [-0.2, 0) is 12.8 Å². The Bertz CT molecular complexity index is 3590. The second-order valence-electron chi connectivity index (χ2n) is 17.1. The molecule has 3 heteroatoms. The van der Waals surface area contributed by atoms with Crippen LogP contribution in [0, 0.1) is 0 Å². The molecular weight excluding hydrogens is 763 g/mol. The van der Waals surface area contributed by atoms with Crippen LogP contribution in [0.15, 0.2) is 200 Å². The van der Waals surface area contributed by atoms with Gasteiger partial charge in [0.1, 0.15) is 0 Å². The van der Waals surface area contributed by atoms with Gasteiger partial charge in [-0.15, -0.1) is 0 Å². The molecule has 8 aromatic carbocycles. The average Bonchev–Trinajstić information content (AvgIpc) is 4.00. The van der Waals surface area contributed by atoms with Crippen molar-refractivity contribution in [2.75, 3.05) is 0 Å². The normalized spacial score (nSPS) is 13.3. The first-order valence-corrected chi connectivity index (χ1v) is 22.3. The van der Waals surface area contributed by atoms with Crippen molar-refractivity contribution in [3.05, 3.63) is 223 Å². The maximum atomic E-state index is 2.47. The number of fused-ring (bicyclic) bond motifs is 9. The van der Waals surface area contributed by atoms with E-state index in [-0.39, 0.29) is 0 Å². The SMILES string of the molecule is C1=Cc2c(c3ccccc3n2-c2ccc(-c3cc(-c4ccc(-n5c6c(c7ccccc75)C=CCC6)cc4)cc(-c4ccc(-n5c6ccccc6c6ccccc65)cc4)c3)cc2)CC1. The molecule has 0 radical (unpaired) electrons. The van der Waals surface area contributed by atoms with Gasteiger partial charge in [0.25, 0.3) is 0 Å². The number of rotatable bonds is 6. The molecule has 3 aromatic heterocycles. The Labute approximate surface area is 366 Å². The van der Waals surface area contributed by atoms with E-state index in [2.05, 4.69) is 226 Å². The molecule has 0 saturated carbocycles. The number of hydrogen-bond acceptors (Lipinski definition) is 0. The number of allylic oxidation sites excluding steroid dienone is 2. The Morgan fingerprint density at radius 2 is 0.730 bits per heavy atom. The van der Waals surface area contributed by atoms with Crippen LogP contribution in [0.5, 0.6) is 0 Å². The van der Waals surface area contributed by atoms with E-state index >= 15 is 0 Å². The molecule has 11 aromatic rings. The summed E-state index contributed by atoms with van der Waals surface area (Å²) in [6.45, 7) is 0. The fourth-order valence-corrected chi connectivity index (χ4v) is 10.7. The van der Waals surface area contributed by atoms with Gasteiger partial charge in [0, 0.05) is 55.6 Å². The molecule has 2 aliphatic rings. The van der Waals surface area contributed by atoms with Gasteiger partial charge >= 0.3 is 0 Å². The van der Waals surface area contributed by atoms with Crippen LogP contribution in [0.1, 0.15) is 35.4 Å². The van der Waals surface area contributed by atoms with Crippen LogP contribution >= 0.6 is 0 Å². The number of nitrogens with zero attached hydrogens (tertiary/aromatic N) is 3. The molecule has 3 nitrogen and oxygen atoms in total. The third kappa shape index (κ3) is 5.73. The van der Waals surface area contributed by atoms with E-state index in [0.29, 0.717) is 0 Å². The Morgan fingerprint density at radius 1 is 0.317 bits per heavy atom. The summed E-state index contributed by atoms with van der Waals surface area (Å²) in [7, 11) is 0. The molecule has 0 atom stereocenters. The molecule has 0 fully saturated rings. The Balaban J connectivity index is 0.924. The van der Waals surface area contributed by atoms with Crippen molar-refractivity contribution < 1.29 is 0 Å². The quantitative estimate of drug-likeness (QED) is 0.159. The number of aromatic nitrogens is 3. The molecule has 63 heavy (non-hydrogen) atoms. The third-order valence-electron chi connectivity index (χ3n) is 13.6. The largest absolute Gasteiger partial charge is 0.313 e. The summed E-state index contributed by atoms with van der Waals surface area (Å²) >= 11 is 0. The predicted octanol–water partition coefficient (Wildman–Crippen LogP) is 15.6. The van der Waals surface area contributed by atoms with Gasteiger partial charge in [-0.3, -0.25) is 0 Å². The van der Waals surface area contributed by atoms with Gasteiger partial charge < -0.3 is 13.7 Å². The number of aryl methyl sites for hydroxylation is 1. The lowest BCUT2D eigenvalue weighted by atomic mass is 9.93. The van der Waals surface area contributed by atoms with Gasteiger partial charge in [-0.25, -0.2) is 0 Å². The molecular formula is C60H43N3. The standard InChI is InChI=1S/C60H43N3/c1-7-19-55-49(13-1)50-14-2-8-20-56(50)61(55)46-31-25-40(26-32-46)43-37-44(41-27-33-47(34-28-41)62-57-21-9-3-15-51(57)52-16-4-10-22-58(52)62)39-45(38-43)42-29-35-48(36-30-42)63-59-23-11-5-17-53(59)54-18-6-12-24-60(54)63/h1-5,7-9,11-17,19-21,23-39H,6,10,18,22H2. The van der Waals surface area contributed by atoms with Crippen molar-refractivity contribution in [1.82, 2.24) is 13.7 Å². The second-order valence-corrected chi connectivity index (χ2v) is 17.1. The molecule has 0 saturated heterocycles. The lowest BCUT2D eigenvalue weighted by Gasteiger charge is -2.16. The minimum Gasteiger partial charge on any atom is -0.313 e. The Morgan fingerprint density at radius 3 is 1.29 bits per heavy atom. The van der Waals surface area contributed by atoms with E-state index in [1.807, 2.05) is 0 Å². The van der Waals surface area contributed by atoms with Crippen molar-refractivity contribution in [1.29, 1.82) is 0 Å². The van der Waals surface area contributed by atoms with Crippen molar-refractivity contribution >= 4 is 55.8 Å². The highest BCUT2D eigenvalue weighted by Crippen LogP contribution is 2.39. The van der Waals surface area contributed by atoms with E-state index in [4.69, 9.17) is 0 Å². The van der Waals surface area contributed by atoms with Crippen LogP contribution in [0.25, 0.3) is 106 Å². The minimum atomic E-state index is 1.04. The molecule has 0 amide bonds. The van der Waals surface area contributed by atoms with Crippen molar-refractivity contribution in [3.63, 3.8) is 0 Å². The zero-order valence-electron chi connectivity index (χ0n) is 34.9. The summed E-state index contributed by atoms with van der Waals surface area (Å²) in [5.41, 5.74) is 21.2. The predicted molar refractivity (Wildman–Crippen MR) is 265 cm³/mol. The van der Waals surface area contributed by atoms with Gasteiger partial charge in [-0.2, -0.15) is 0 Å². The first-order chi connectivity index (χ1) is 31.2. The fraction of sp³-hybridized carbons (Fsp3) is 0.0667. The van der Waals surface area contributed by atoms with Crippen LogP contribution in [0.3, 0.4) is 0 Å². The van der Waals surface area contributed by atoms with E-state index in [9.17, 15) is 0 Å². The average molecular weight is 806 g/mol. The highest BCUT2D eigenvalue weighted by atomic mass is 15.0. The molecule has 0 N–H and O–H groups in total. The van der Waals surface area contributed by atoms with Gasteiger partial charge in [0.05, 0.1) is 22.1 Å². The lowest BCUT2D eigenvalue weighted by Crippen LogP contribution is -2.02. The van der Waals surface area contributed by atoms with E-state index < -0.39 is 0 Å². The third-order valence-corrected chi connectivity index (χ3v) is 13.6. The zero-order valence-corrected chi connectivity index (χ0v) is 34.9. The number of hydrogen-bond donors (Lipinski definition) is 0. The molecule has 3 heterocycles. The van der Waals surface area contributed by atoms with Gasteiger partial charge in [-0.05, 0) is 150 Å². The maximum Gasteiger partial charge on any atom is 0.0541 e. The highest BCUT2D eigenvalue weighted by molar-refractivity contribution is 6.09. The number of para-hydroxylation sites is 4. The Hall–Kier alpha value is -7.88. The summed E-state index contributed by atoms with van der Waals surface area (Å²) in [4.78, 5) is 0. The smallest absolute Gasteiger partial charge is 0.0541 e. The first kappa shape index (κ1) is 35.8. The Kier molecular flexibility index (Phi) is 8.17. The van der Waals surface area contributed by atoms with Crippen molar-refractivity contribution in [2.24, 2.45) is 0 Å². The summed E-state index contributed by atoms with van der Waals surface area (Å²) in [5, 5.41) is 5.22. The second kappa shape index (κ2) is 14.4. The summed E-state index contributed by atoms with van der Waals surface area (Å²) in [5.74, 6) is 0. The van der Waals surface area contributed by atoms with Gasteiger partial charge in [-0.1, -0.05) is 127 Å². The molecule has 0 bridgehead atoms. The van der Waals surface area contributed by atoms with E-state index in [0.717, 1.165) is 31.4 Å². The zero-order chi connectivity index (χ0) is 41.4. The van der Waals surface area contributed by atoms with Crippen LogP contribution in [-0.4, -0.2) is 13.7 Å².